The maximum atomic E-state index is 5.90. The predicted octanol–water partition coefficient (Wildman–Crippen LogP) is 5.68. The Morgan fingerprint density at radius 3 is 2.82 bits per heavy atom. The summed E-state index contributed by atoms with van der Waals surface area (Å²) < 4.78 is 8.02. The molecule has 0 aliphatic heterocycles. The third-order valence-corrected chi connectivity index (χ3v) is 8.31. The van der Waals surface area contributed by atoms with Crippen LogP contribution in [0.25, 0.3) is 27.3 Å². The first kappa shape index (κ1) is 20.8. The molecule has 9 heteroatoms. The van der Waals surface area contributed by atoms with E-state index in [9.17, 15) is 0 Å². The van der Waals surface area contributed by atoms with Crippen LogP contribution >= 0.6 is 23.1 Å². The van der Waals surface area contributed by atoms with Gasteiger partial charge in [-0.05, 0) is 49.8 Å². The number of aromatic nitrogens is 6. The van der Waals surface area contributed by atoms with Crippen LogP contribution in [0.15, 0.2) is 33.8 Å². The number of hydrogen-bond acceptors (Lipinski definition) is 8. The zero-order chi connectivity index (χ0) is 22.5. The van der Waals surface area contributed by atoms with Gasteiger partial charge >= 0.3 is 0 Å². The van der Waals surface area contributed by atoms with Crippen LogP contribution in [0.4, 0.5) is 0 Å². The van der Waals surface area contributed by atoms with Crippen molar-refractivity contribution in [3.8, 4) is 11.5 Å². The third kappa shape index (κ3) is 3.63. The lowest BCUT2D eigenvalue weighted by atomic mass is 9.89. The molecule has 0 fully saturated rings. The minimum Gasteiger partial charge on any atom is -0.420 e. The molecule has 0 bridgehead atoms. The number of rotatable bonds is 5. The first-order valence-corrected chi connectivity index (χ1v) is 13.1. The van der Waals surface area contributed by atoms with Crippen LogP contribution in [0.5, 0.6) is 0 Å². The number of thiophene rings is 1. The molecule has 5 aromatic rings. The van der Waals surface area contributed by atoms with Crippen LogP contribution in [0.3, 0.4) is 0 Å². The summed E-state index contributed by atoms with van der Waals surface area (Å²) in [6.45, 7) is 6.52. The van der Waals surface area contributed by atoms with Crippen molar-refractivity contribution in [1.29, 1.82) is 0 Å². The van der Waals surface area contributed by atoms with Gasteiger partial charge in [-0.3, -0.25) is 4.40 Å². The quantitative estimate of drug-likeness (QED) is 0.302. The summed E-state index contributed by atoms with van der Waals surface area (Å²) in [6.07, 6.45) is 4.27. The molecule has 7 nitrogen and oxygen atoms in total. The zero-order valence-electron chi connectivity index (χ0n) is 18.8. The summed E-state index contributed by atoms with van der Waals surface area (Å²) in [5.74, 6) is 3.35. The Morgan fingerprint density at radius 1 is 1.15 bits per heavy atom. The van der Waals surface area contributed by atoms with Crippen LogP contribution in [0.1, 0.15) is 48.0 Å². The van der Waals surface area contributed by atoms with Gasteiger partial charge in [0.2, 0.25) is 11.8 Å². The van der Waals surface area contributed by atoms with E-state index in [4.69, 9.17) is 9.40 Å². The highest BCUT2D eigenvalue weighted by Gasteiger charge is 2.25. The molecule has 1 unspecified atom stereocenters. The van der Waals surface area contributed by atoms with Crippen LogP contribution in [0, 0.1) is 12.8 Å². The largest absolute Gasteiger partial charge is 0.420 e. The fourth-order valence-corrected chi connectivity index (χ4v) is 6.64. The van der Waals surface area contributed by atoms with Crippen LogP contribution in [-0.4, -0.2) is 29.8 Å². The average Bonchev–Trinajstić information content (AvgIpc) is 3.53. The van der Waals surface area contributed by atoms with E-state index >= 15 is 0 Å². The van der Waals surface area contributed by atoms with Gasteiger partial charge in [0.05, 0.1) is 11.1 Å². The Balaban J connectivity index is 1.33. The van der Waals surface area contributed by atoms with Crippen molar-refractivity contribution in [1.82, 2.24) is 29.8 Å². The highest BCUT2D eigenvalue weighted by molar-refractivity contribution is 7.98. The van der Waals surface area contributed by atoms with Gasteiger partial charge in [0.25, 0.3) is 0 Å². The molecule has 0 N–H and O–H groups in total. The van der Waals surface area contributed by atoms with E-state index in [0.717, 1.165) is 52.2 Å². The highest BCUT2D eigenvalue weighted by atomic mass is 32.2. The van der Waals surface area contributed by atoms with Gasteiger partial charge in [-0.2, -0.15) is 0 Å². The van der Waals surface area contributed by atoms with Gasteiger partial charge in [0.15, 0.2) is 10.8 Å². The Bertz CT molecular complexity index is 1470. The Labute approximate surface area is 199 Å². The summed E-state index contributed by atoms with van der Waals surface area (Å²) in [5.41, 5.74) is 4.48. The van der Waals surface area contributed by atoms with Crippen molar-refractivity contribution in [3.63, 3.8) is 0 Å². The summed E-state index contributed by atoms with van der Waals surface area (Å²) in [7, 11) is 0. The third-order valence-electron chi connectivity index (χ3n) is 6.25. The summed E-state index contributed by atoms with van der Waals surface area (Å²) in [4.78, 5) is 7.60. The normalized spacial score (nSPS) is 16.0. The molecule has 1 aliphatic carbocycles. The van der Waals surface area contributed by atoms with E-state index < -0.39 is 0 Å². The zero-order valence-corrected chi connectivity index (χ0v) is 20.5. The second kappa shape index (κ2) is 8.22. The fraction of sp³-hybridized carbons (Fsp3) is 0.375. The van der Waals surface area contributed by atoms with Crippen molar-refractivity contribution >= 4 is 39.0 Å². The molecular weight excluding hydrogens is 452 g/mol. The van der Waals surface area contributed by atoms with Gasteiger partial charge in [0.1, 0.15) is 10.7 Å². The van der Waals surface area contributed by atoms with E-state index in [0.29, 0.717) is 17.5 Å². The average molecular weight is 477 g/mol. The number of fused-ring (bicyclic) bond motifs is 5. The molecular formula is C24H24N6OS2. The molecule has 0 amide bonds. The van der Waals surface area contributed by atoms with Crippen molar-refractivity contribution < 1.29 is 4.42 Å². The minimum absolute atomic E-state index is 0.528. The fourth-order valence-electron chi connectivity index (χ4n) is 4.46. The SMILES string of the molecule is CCc1nc2sc3c(c2c2nnc(SCc4nnc(-c5ccc(C)cc5)o4)n12)CCC(C)C3. The maximum absolute atomic E-state index is 5.90. The van der Waals surface area contributed by atoms with Crippen molar-refractivity contribution in [2.24, 2.45) is 5.92 Å². The van der Waals surface area contributed by atoms with Crippen LogP contribution < -0.4 is 0 Å². The predicted molar refractivity (Wildman–Crippen MR) is 131 cm³/mol. The summed E-state index contributed by atoms with van der Waals surface area (Å²) in [6, 6.07) is 8.08. The molecule has 1 atom stereocenters. The highest BCUT2D eigenvalue weighted by Crippen LogP contribution is 2.40. The lowest BCUT2D eigenvalue weighted by Gasteiger charge is -2.17. The van der Waals surface area contributed by atoms with Gasteiger partial charge in [-0.25, -0.2) is 4.98 Å². The molecule has 33 heavy (non-hydrogen) atoms. The molecule has 0 spiro atoms. The smallest absolute Gasteiger partial charge is 0.247 e. The number of aryl methyl sites for hydroxylation is 3. The van der Waals surface area contributed by atoms with E-state index in [1.807, 2.05) is 35.6 Å². The maximum Gasteiger partial charge on any atom is 0.247 e. The Hall–Kier alpha value is -2.78. The molecule has 4 aromatic heterocycles. The number of nitrogens with zero attached hydrogens (tertiary/aromatic N) is 6. The summed E-state index contributed by atoms with van der Waals surface area (Å²) >= 11 is 3.39. The van der Waals surface area contributed by atoms with Crippen molar-refractivity contribution in [2.45, 2.75) is 57.4 Å². The first-order valence-electron chi connectivity index (χ1n) is 11.3. The molecule has 1 aromatic carbocycles. The standard InChI is InChI=1S/C24H24N6OS2/c1-4-18-25-23-20(16-10-7-14(3)11-17(16)33-23)21-27-29-24(30(18)21)32-12-19-26-28-22(31-19)15-8-5-13(2)6-9-15/h5-6,8-9,14H,4,7,10-12H2,1-3H3. The second-order valence-electron chi connectivity index (χ2n) is 8.71. The topological polar surface area (TPSA) is 82.0 Å². The molecule has 1 aliphatic rings. The van der Waals surface area contributed by atoms with Gasteiger partial charge in [-0.1, -0.05) is 43.3 Å². The number of benzene rings is 1. The monoisotopic (exact) mass is 476 g/mol. The van der Waals surface area contributed by atoms with Gasteiger partial charge < -0.3 is 4.42 Å². The second-order valence-corrected chi connectivity index (χ2v) is 10.7. The molecule has 4 heterocycles. The molecule has 0 saturated heterocycles. The van der Waals surface area contributed by atoms with Gasteiger partial charge in [0, 0.05) is 16.9 Å². The first-order chi connectivity index (χ1) is 16.1. The number of hydrogen-bond donors (Lipinski definition) is 0. The van der Waals surface area contributed by atoms with Crippen LogP contribution in [0.2, 0.25) is 0 Å². The van der Waals surface area contributed by atoms with E-state index in [1.54, 1.807) is 11.8 Å². The molecule has 0 saturated carbocycles. The summed E-state index contributed by atoms with van der Waals surface area (Å²) in [5, 5.41) is 19.6. The Morgan fingerprint density at radius 2 is 2.00 bits per heavy atom. The van der Waals surface area contributed by atoms with Gasteiger partial charge in [-0.15, -0.1) is 31.7 Å². The number of thioether (sulfide) groups is 1. The van der Waals surface area contributed by atoms with E-state index in [2.05, 4.69) is 45.6 Å². The van der Waals surface area contributed by atoms with Crippen molar-refractivity contribution in [3.05, 3.63) is 52.0 Å². The lowest BCUT2D eigenvalue weighted by molar-refractivity contribution is 0.509. The molecule has 6 rings (SSSR count). The van der Waals surface area contributed by atoms with E-state index in [1.165, 1.54) is 27.8 Å². The van der Waals surface area contributed by atoms with Crippen molar-refractivity contribution in [2.75, 3.05) is 0 Å². The van der Waals surface area contributed by atoms with Crippen LogP contribution in [-0.2, 0) is 25.0 Å². The van der Waals surface area contributed by atoms with E-state index in [-0.39, 0.29) is 0 Å². The Kier molecular flexibility index (Phi) is 5.18. The molecule has 168 valence electrons. The lowest BCUT2D eigenvalue weighted by Crippen LogP contribution is -2.09. The minimum atomic E-state index is 0.528. The molecule has 0 radical (unpaired) electrons.